The van der Waals surface area contributed by atoms with Gasteiger partial charge < -0.3 is 11.1 Å². The second-order valence-electron chi connectivity index (χ2n) is 5.23. The van der Waals surface area contributed by atoms with Crippen LogP contribution in [0.25, 0.3) is 0 Å². The van der Waals surface area contributed by atoms with Gasteiger partial charge in [0.15, 0.2) is 0 Å². The molecule has 3 heteroatoms. The van der Waals surface area contributed by atoms with Crippen LogP contribution in [0.1, 0.15) is 24.0 Å². The summed E-state index contributed by atoms with van der Waals surface area (Å²) < 4.78 is 0. The average Bonchev–Trinajstić information content (AvgIpc) is 2.50. The molecule has 2 radical (unpaired) electrons. The normalized spacial score (nSPS) is 31.6. The Kier molecular flexibility index (Phi) is 2.17. The first kappa shape index (κ1) is 10.4. The van der Waals surface area contributed by atoms with E-state index in [1.807, 2.05) is 6.07 Å². The fraction of sp³-hybridized carbons (Fsp3) is 0.538. The summed E-state index contributed by atoms with van der Waals surface area (Å²) >= 11 is 0. The molecule has 0 saturated carbocycles. The van der Waals surface area contributed by atoms with Crippen molar-refractivity contribution in [1.29, 1.82) is 0 Å². The Labute approximate surface area is 98.0 Å². The highest BCUT2D eigenvalue weighted by atomic mass is 14.9. The first-order chi connectivity index (χ1) is 7.66. The maximum Gasteiger partial charge on any atom is 0.102 e. The van der Waals surface area contributed by atoms with Crippen molar-refractivity contribution in [3.63, 3.8) is 0 Å². The van der Waals surface area contributed by atoms with Crippen LogP contribution in [0.3, 0.4) is 0 Å². The zero-order valence-electron chi connectivity index (χ0n) is 9.50. The molecule has 3 N–H and O–H groups in total. The van der Waals surface area contributed by atoms with Crippen molar-refractivity contribution in [2.24, 2.45) is 11.1 Å². The summed E-state index contributed by atoms with van der Waals surface area (Å²) in [6.07, 6.45) is 3.20. The van der Waals surface area contributed by atoms with E-state index in [0.717, 1.165) is 37.9 Å². The van der Waals surface area contributed by atoms with Gasteiger partial charge >= 0.3 is 0 Å². The van der Waals surface area contributed by atoms with Crippen LogP contribution in [-0.2, 0) is 11.9 Å². The lowest BCUT2D eigenvalue weighted by atomic mass is 9.56. The molecule has 1 aromatic rings. The summed E-state index contributed by atoms with van der Waals surface area (Å²) in [6.45, 7) is 2.06. The van der Waals surface area contributed by atoms with Crippen LogP contribution in [0.15, 0.2) is 24.3 Å². The van der Waals surface area contributed by atoms with Crippen molar-refractivity contribution in [2.75, 3.05) is 13.1 Å². The molecule has 82 valence electrons. The fourth-order valence-corrected chi connectivity index (χ4v) is 3.37. The largest absolute Gasteiger partial charge is 0.329 e. The van der Waals surface area contributed by atoms with E-state index in [1.54, 1.807) is 0 Å². The summed E-state index contributed by atoms with van der Waals surface area (Å²) in [5.41, 5.74) is 8.37. The molecule has 1 spiro atoms. The summed E-state index contributed by atoms with van der Waals surface area (Å²) in [6, 6.07) is 8.37. The fourth-order valence-electron chi connectivity index (χ4n) is 3.37. The second kappa shape index (κ2) is 3.35. The Bertz CT molecular complexity index is 408. The number of hydrogen-bond acceptors (Lipinski definition) is 2. The van der Waals surface area contributed by atoms with Gasteiger partial charge in [-0.3, -0.25) is 0 Å². The molecule has 1 aromatic carbocycles. The highest BCUT2D eigenvalue weighted by Crippen LogP contribution is 2.51. The van der Waals surface area contributed by atoms with Crippen molar-refractivity contribution in [2.45, 2.75) is 24.7 Å². The number of nitrogens with one attached hydrogen (secondary N) is 1. The number of piperidine rings is 1. The molecule has 16 heavy (non-hydrogen) atoms. The lowest BCUT2D eigenvalue weighted by molar-refractivity contribution is 0.148. The van der Waals surface area contributed by atoms with Gasteiger partial charge in [0.1, 0.15) is 7.85 Å². The quantitative estimate of drug-likeness (QED) is 0.627. The second-order valence-corrected chi connectivity index (χ2v) is 5.23. The summed E-state index contributed by atoms with van der Waals surface area (Å²) in [5, 5.41) is 3.39. The molecule has 0 bridgehead atoms. The van der Waals surface area contributed by atoms with Crippen molar-refractivity contribution in [3.05, 3.63) is 35.4 Å². The van der Waals surface area contributed by atoms with Gasteiger partial charge in [0.25, 0.3) is 0 Å². The number of nitrogens with two attached hydrogens (primary N) is 1. The van der Waals surface area contributed by atoms with E-state index in [2.05, 4.69) is 23.5 Å². The number of rotatable bonds is 0. The minimum absolute atomic E-state index is 0.0714. The van der Waals surface area contributed by atoms with Crippen LogP contribution >= 0.6 is 0 Å². The van der Waals surface area contributed by atoms with Crippen LogP contribution < -0.4 is 11.1 Å². The smallest absolute Gasteiger partial charge is 0.102 e. The molecule has 1 saturated heterocycles. The van der Waals surface area contributed by atoms with Crippen molar-refractivity contribution < 1.29 is 0 Å². The topological polar surface area (TPSA) is 38.0 Å². The Balaban J connectivity index is 2.07. The zero-order valence-corrected chi connectivity index (χ0v) is 9.50. The third-order valence-corrected chi connectivity index (χ3v) is 4.43. The van der Waals surface area contributed by atoms with Gasteiger partial charge in [-0.15, -0.1) is 0 Å². The van der Waals surface area contributed by atoms with Crippen LogP contribution in [0.4, 0.5) is 0 Å². The number of benzene rings is 1. The molecule has 2 nitrogen and oxygen atoms in total. The van der Waals surface area contributed by atoms with E-state index in [-0.39, 0.29) is 5.41 Å². The number of hydrogen-bond donors (Lipinski definition) is 2. The molecular weight excluding hydrogens is 195 g/mol. The highest BCUT2D eigenvalue weighted by molar-refractivity contribution is 6.16. The van der Waals surface area contributed by atoms with Crippen LogP contribution in [-0.4, -0.2) is 20.9 Å². The van der Waals surface area contributed by atoms with Crippen molar-refractivity contribution in [3.8, 4) is 0 Å². The monoisotopic (exact) mass is 212 g/mol. The predicted octanol–water partition coefficient (Wildman–Crippen LogP) is 0.892. The minimum Gasteiger partial charge on any atom is -0.329 e. The molecular formula is C13H17BN2. The Morgan fingerprint density at radius 1 is 1.19 bits per heavy atom. The SMILES string of the molecule is [B]C1(N)c2ccccc2CC12CCNCC2. The lowest BCUT2D eigenvalue weighted by Crippen LogP contribution is -2.55. The Morgan fingerprint density at radius 3 is 2.56 bits per heavy atom. The van der Waals surface area contributed by atoms with Gasteiger partial charge in [-0.25, -0.2) is 0 Å². The maximum atomic E-state index is 6.45. The molecule has 0 amide bonds. The summed E-state index contributed by atoms with van der Waals surface area (Å²) in [5.74, 6) is 0. The third-order valence-electron chi connectivity index (χ3n) is 4.43. The highest BCUT2D eigenvalue weighted by Gasteiger charge is 2.51. The van der Waals surface area contributed by atoms with Crippen LogP contribution in [0, 0.1) is 5.41 Å². The Morgan fingerprint density at radius 2 is 1.88 bits per heavy atom. The zero-order chi connectivity index (χ0) is 11.2. The standard InChI is InChI=1S/C13H17BN2/c14-13(15)11-4-2-1-3-10(11)9-12(13)5-7-16-8-6-12/h1-4,16H,5-9,15H2. The molecule has 1 aliphatic carbocycles. The predicted molar refractivity (Wildman–Crippen MR) is 66.3 cm³/mol. The van der Waals surface area contributed by atoms with Crippen molar-refractivity contribution >= 4 is 7.85 Å². The van der Waals surface area contributed by atoms with E-state index in [1.165, 1.54) is 5.56 Å². The van der Waals surface area contributed by atoms with E-state index in [4.69, 9.17) is 13.6 Å². The molecule has 1 heterocycles. The number of fused-ring (bicyclic) bond motifs is 1. The lowest BCUT2D eigenvalue weighted by Gasteiger charge is -2.45. The molecule has 0 aromatic heterocycles. The van der Waals surface area contributed by atoms with Gasteiger partial charge in [-0.05, 0) is 48.9 Å². The molecule has 2 aliphatic rings. The van der Waals surface area contributed by atoms with E-state index < -0.39 is 5.44 Å². The van der Waals surface area contributed by atoms with Gasteiger partial charge in [-0.2, -0.15) is 0 Å². The van der Waals surface area contributed by atoms with Crippen LogP contribution in [0.2, 0.25) is 0 Å². The van der Waals surface area contributed by atoms with Gasteiger partial charge in [0.05, 0.1) is 0 Å². The average molecular weight is 212 g/mol. The molecule has 3 rings (SSSR count). The van der Waals surface area contributed by atoms with Gasteiger partial charge in [0.2, 0.25) is 0 Å². The minimum atomic E-state index is -0.647. The molecule has 1 aliphatic heterocycles. The van der Waals surface area contributed by atoms with E-state index >= 15 is 0 Å². The summed E-state index contributed by atoms with van der Waals surface area (Å²) in [4.78, 5) is 0. The maximum absolute atomic E-state index is 6.45. The van der Waals surface area contributed by atoms with E-state index in [0.29, 0.717) is 0 Å². The van der Waals surface area contributed by atoms with Crippen LogP contribution in [0.5, 0.6) is 0 Å². The Hall–Kier alpha value is -0.795. The third kappa shape index (κ3) is 1.22. The van der Waals surface area contributed by atoms with Gasteiger partial charge in [-0.1, -0.05) is 24.3 Å². The molecule has 1 atom stereocenters. The molecule has 1 fully saturated rings. The first-order valence-corrected chi connectivity index (χ1v) is 6.03. The summed E-state index contributed by atoms with van der Waals surface area (Å²) in [7, 11) is 6.45. The molecule has 1 unspecified atom stereocenters. The first-order valence-electron chi connectivity index (χ1n) is 6.03. The van der Waals surface area contributed by atoms with Gasteiger partial charge in [0, 0.05) is 5.44 Å². The van der Waals surface area contributed by atoms with Crippen molar-refractivity contribution in [1.82, 2.24) is 5.32 Å². The van der Waals surface area contributed by atoms with E-state index in [9.17, 15) is 0 Å².